The zero-order chi connectivity index (χ0) is 17.9. The second-order valence-electron chi connectivity index (χ2n) is 7.04. The molecular weight excluding hydrogens is 332 g/mol. The molecule has 2 aromatic carbocycles. The van der Waals surface area contributed by atoms with E-state index in [0.717, 1.165) is 30.6 Å². The van der Waals surface area contributed by atoms with Crippen molar-refractivity contribution in [1.29, 1.82) is 0 Å². The summed E-state index contributed by atoms with van der Waals surface area (Å²) in [6.07, 6.45) is 1.01. The third kappa shape index (κ3) is 5.06. The topological polar surface area (TPSA) is 49.4 Å². The summed E-state index contributed by atoms with van der Waals surface area (Å²) in [4.78, 5) is 2.34. The summed E-state index contributed by atoms with van der Waals surface area (Å²) >= 11 is 0. The molecule has 0 bridgehead atoms. The smallest absolute Gasteiger partial charge is 0.215 e. The molecule has 0 radical (unpaired) electrons. The number of hydrogen-bond donors (Lipinski definition) is 1. The van der Waals surface area contributed by atoms with Crippen molar-refractivity contribution >= 4 is 15.7 Å². The fraction of sp³-hybridized carbons (Fsp3) is 0.400. The van der Waals surface area contributed by atoms with E-state index in [1.54, 1.807) is 0 Å². The van der Waals surface area contributed by atoms with E-state index in [4.69, 9.17) is 0 Å². The Morgan fingerprint density at radius 3 is 2.52 bits per heavy atom. The molecule has 1 atom stereocenters. The Hall–Kier alpha value is -1.85. The first-order valence-electron chi connectivity index (χ1n) is 8.76. The molecule has 0 spiro atoms. The zero-order valence-corrected chi connectivity index (χ0v) is 15.7. The van der Waals surface area contributed by atoms with Gasteiger partial charge in [-0.25, -0.2) is 13.1 Å². The normalized spacial score (nSPS) is 17.8. The average molecular weight is 359 g/mol. The Labute approximate surface area is 150 Å². The summed E-state index contributed by atoms with van der Waals surface area (Å²) in [5.74, 6) is 0.399. The largest absolute Gasteiger partial charge is 0.371 e. The van der Waals surface area contributed by atoms with Crippen LogP contribution in [0.25, 0.3) is 0 Å². The summed E-state index contributed by atoms with van der Waals surface area (Å²) in [7, 11) is -3.30. The molecule has 1 aliphatic heterocycles. The van der Waals surface area contributed by atoms with E-state index in [-0.39, 0.29) is 5.75 Å². The van der Waals surface area contributed by atoms with Gasteiger partial charge >= 0.3 is 0 Å². The second-order valence-corrected chi connectivity index (χ2v) is 8.84. The van der Waals surface area contributed by atoms with Gasteiger partial charge in [-0.05, 0) is 49.4 Å². The molecule has 0 saturated carbocycles. The summed E-state index contributed by atoms with van der Waals surface area (Å²) in [5, 5.41) is 0. The van der Waals surface area contributed by atoms with Gasteiger partial charge < -0.3 is 4.90 Å². The maximum Gasteiger partial charge on any atom is 0.215 e. The zero-order valence-electron chi connectivity index (χ0n) is 14.9. The Morgan fingerprint density at radius 1 is 1.08 bits per heavy atom. The number of benzene rings is 2. The highest BCUT2D eigenvalue weighted by Crippen LogP contribution is 2.24. The summed E-state index contributed by atoms with van der Waals surface area (Å²) in [6, 6.07) is 16.1. The van der Waals surface area contributed by atoms with E-state index in [2.05, 4.69) is 40.8 Å². The Kier molecular flexibility index (Phi) is 5.45. The molecule has 0 aliphatic carbocycles. The summed E-state index contributed by atoms with van der Waals surface area (Å²) in [6.45, 7) is 6.46. The lowest BCUT2D eigenvalue weighted by Gasteiger charge is -2.19. The first-order chi connectivity index (χ1) is 11.9. The van der Waals surface area contributed by atoms with Crippen LogP contribution in [-0.4, -0.2) is 28.1 Å². The molecule has 1 heterocycles. The molecule has 134 valence electrons. The van der Waals surface area contributed by atoms with Crippen molar-refractivity contribution in [3.63, 3.8) is 0 Å². The van der Waals surface area contributed by atoms with Gasteiger partial charge in [0, 0.05) is 25.3 Å². The minimum atomic E-state index is -3.30. The Morgan fingerprint density at radius 2 is 1.80 bits per heavy atom. The second kappa shape index (κ2) is 7.58. The van der Waals surface area contributed by atoms with Crippen LogP contribution in [0.15, 0.2) is 48.5 Å². The summed E-state index contributed by atoms with van der Waals surface area (Å²) < 4.78 is 27.5. The van der Waals surface area contributed by atoms with Gasteiger partial charge in [0.05, 0.1) is 5.75 Å². The van der Waals surface area contributed by atoms with Crippen LogP contribution in [0.4, 0.5) is 5.69 Å². The van der Waals surface area contributed by atoms with Gasteiger partial charge in [-0.1, -0.05) is 42.0 Å². The predicted octanol–water partition coefficient (Wildman–Crippen LogP) is 3.25. The Bertz CT molecular complexity index is 833. The molecule has 4 nitrogen and oxygen atoms in total. The van der Waals surface area contributed by atoms with E-state index < -0.39 is 10.0 Å². The highest BCUT2D eigenvalue weighted by molar-refractivity contribution is 7.88. The van der Waals surface area contributed by atoms with Crippen molar-refractivity contribution in [2.24, 2.45) is 5.92 Å². The van der Waals surface area contributed by atoms with Crippen molar-refractivity contribution in [1.82, 2.24) is 4.72 Å². The van der Waals surface area contributed by atoms with E-state index in [0.29, 0.717) is 12.5 Å². The number of rotatable bonds is 6. The quantitative estimate of drug-likeness (QED) is 0.862. The first kappa shape index (κ1) is 18.0. The van der Waals surface area contributed by atoms with Crippen molar-refractivity contribution in [3.05, 3.63) is 65.2 Å². The molecule has 1 aliphatic rings. The molecular formula is C20H26N2O2S. The third-order valence-corrected chi connectivity index (χ3v) is 6.00. The van der Waals surface area contributed by atoms with Gasteiger partial charge in [-0.15, -0.1) is 0 Å². The van der Waals surface area contributed by atoms with Crippen molar-refractivity contribution in [2.45, 2.75) is 26.0 Å². The molecule has 3 rings (SSSR count). The first-order valence-corrected chi connectivity index (χ1v) is 10.4. The minimum absolute atomic E-state index is 0.0446. The number of nitrogens with zero attached hydrogens (tertiary/aromatic N) is 1. The molecule has 0 amide bonds. The third-order valence-electron chi connectivity index (χ3n) is 4.68. The van der Waals surface area contributed by atoms with Gasteiger partial charge in [0.2, 0.25) is 10.0 Å². The SMILES string of the molecule is Cc1cccc(CS(=O)(=O)NCC2CCN(c3cccc(C)c3)C2)c1. The van der Waals surface area contributed by atoms with Crippen LogP contribution in [0.1, 0.15) is 23.1 Å². The van der Waals surface area contributed by atoms with Crippen LogP contribution < -0.4 is 9.62 Å². The maximum atomic E-state index is 12.3. The lowest BCUT2D eigenvalue weighted by molar-refractivity contribution is 0.541. The molecule has 1 unspecified atom stereocenters. The molecule has 25 heavy (non-hydrogen) atoms. The predicted molar refractivity (Wildman–Crippen MR) is 103 cm³/mol. The van der Waals surface area contributed by atoms with Gasteiger partial charge in [0.15, 0.2) is 0 Å². The van der Waals surface area contributed by atoms with E-state index in [1.807, 2.05) is 31.2 Å². The van der Waals surface area contributed by atoms with Crippen LogP contribution in [0.2, 0.25) is 0 Å². The fourth-order valence-electron chi connectivity index (χ4n) is 3.38. The molecule has 2 aromatic rings. The highest BCUT2D eigenvalue weighted by Gasteiger charge is 2.24. The van der Waals surface area contributed by atoms with Crippen molar-refractivity contribution in [3.8, 4) is 0 Å². The number of sulfonamides is 1. The molecule has 1 N–H and O–H groups in total. The molecule has 1 fully saturated rings. The van der Waals surface area contributed by atoms with Crippen LogP contribution in [0.5, 0.6) is 0 Å². The van der Waals surface area contributed by atoms with Gasteiger partial charge in [-0.2, -0.15) is 0 Å². The summed E-state index contributed by atoms with van der Waals surface area (Å²) in [5.41, 5.74) is 4.39. The van der Waals surface area contributed by atoms with Crippen LogP contribution in [-0.2, 0) is 15.8 Å². The standard InChI is InChI=1S/C20H26N2O2S/c1-16-5-3-7-18(11-16)15-25(23,24)21-13-19-9-10-22(14-19)20-8-4-6-17(2)12-20/h3-8,11-12,19,21H,9-10,13-15H2,1-2H3. The van der Waals surface area contributed by atoms with Gasteiger partial charge in [0.1, 0.15) is 0 Å². The van der Waals surface area contributed by atoms with Crippen molar-refractivity contribution in [2.75, 3.05) is 24.5 Å². The Balaban J connectivity index is 1.53. The van der Waals surface area contributed by atoms with Crippen LogP contribution >= 0.6 is 0 Å². The van der Waals surface area contributed by atoms with Crippen molar-refractivity contribution < 1.29 is 8.42 Å². The highest BCUT2D eigenvalue weighted by atomic mass is 32.2. The lowest BCUT2D eigenvalue weighted by Crippen LogP contribution is -2.32. The molecule has 5 heteroatoms. The average Bonchev–Trinajstić information content (AvgIpc) is 3.02. The van der Waals surface area contributed by atoms with E-state index >= 15 is 0 Å². The monoisotopic (exact) mass is 358 g/mol. The van der Waals surface area contributed by atoms with E-state index in [1.165, 1.54) is 11.3 Å². The van der Waals surface area contributed by atoms with Gasteiger partial charge in [-0.3, -0.25) is 0 Å². The lowest BCUT2D eigenvalue weighted by atomic mass is 10.1. The van der Waals surface area contributed by atoms with Crippen LogP contribution in [0.3, 0.4) is 0 Å². The number of nitrogens with one attached hydrogen (secondary N) is 1. The maximum absolute atomic E-state index is 12.3. The molecule has 1 saturated heterocycles. The minimum Gasteiger partial charge on any atom is -0.371 e. The fourth-order valence-corrected chi connectivity index (χ4v) is 4.59. The van der Waals surface area contributed by atoms with Crippen LogP contribution in [0, 0.1) is 19.8 Å². The number of aryl methyl sites for hydroxylation is 2. The van der Waals surface area contributed by atoms with Gasteiger partial charge in [0.25, 0.3) is 0 Å². The van der Waals surface area contributed by atoms with E-state index in [9.17, 15) is 8.42 Å². The molecule has 0 aromatic heterocycles. The number of hydrogen-bond acceptors (Lipinski definition) is 3. The number of anilines is 1.